The van der Waals surface area contributed by atoms with E-state index >= 15 is 0 Å². The Hall–Kier alpha value is -3.73. The molecule has 0 saturated heterocycles. The molecule has 0 aliphatic carbocycles. The smallest absolute Gasteiger partial charge is 0.270 e. The number of hydrogen-bond acceptors (Lipinski definition) is 8. The average molecular weight is 428 g/mol. The number of anilines is 4. The van der Waals surface area contributed by atoms with Gasteiger partial charge < -0.3 is 10.6 Å². The van der Waals surface area contributed by atoms with E-state index in [0.717, 1.165) is 11.8 Å². The van der Waals surface area contributed by atoms with Crippen molar-refractivity contribution in [2.24, 2.45) is 0 Å². The highest BCUT2D eigenvalue weighted by atomic mass is 32.2. The highest BCUT2D eigenvalue weighted by Gasteiger charge is 2.17. The molecule has 0 fully saturated rings. The van der Waals surface area contributed by atoms with Crippen molar-refractivity contribution >= 4 is 38.9 Å². The molecule has 11 heteroatoms. The average Bonchev–Trinajstić information content (AvgIpc) is 2.69. The molecule has 0 radical (unpaired) electrons. The van der Waals surface area contributed by atoms with Gasteiger partial charge in [0.2, 0.25) is 5.95 Å². The molecule has 30 heavy (non-hydrogen) atoms. The van der Waals surface area contributed by atoms with Crippen LogP contribution >= 0.6 is 0 Å². The highest BCUT2D eigenvalue weighted by molar-refractivity contribution is 7.92. The second kappa shape index (κ2) is 8.74. The molecule has 1 heterocycles. The van der Waals surface area contributed by atoms with Crippen molar-refractivity contribution in [3.05, 3.63) is 70.4 Å². The molecule has 2 aromatic carbocycles. The van der Waals surface area contributed by atoms with Gasteiger partial charge in [-0.05, 0) is 44.2 Å². The van der Waals surface area contributed by atoms with Gasteiger partial charge in [-0.3, -0.25) is 14.8 Å². The van der Waals surface area contributed by atoms with Crippen LogP contribution in [0.25, 0.3) is 0 Å². The molecule has 3 rings (SSSR count). The van der Waals surface area contributed by atoms with Crippen LogP contribution in [0.1, 0.15) is 12.6 Å². The van der Waals surface area contributed by atoms with Crippen LogP contribution in [0.5, 0.6) is 0 Å². The van der Waals surface area contributed by atoms with Crippen molar-refractivity contribution in [2.45, 2.75) is 18.7 Å². The molecule has 0 bridgehead atoms. The molecule has 3 N–H and O–H groups in total. The van der Waals surface area contributed by atoms with Crippen LogP contribution in [0, 0.1) is 17.0 Å². The number of aromatic nitrogens is 2. The fraction of sp³-hybridized carbons (Fsp3) is 0.158. The van der Waals surface area contributed by atoms with Crippen LogP contribution in [0.4, 0.5) is 28.8 Å². The molecule has 0 aliphatic rings. The summed E-state index contributed by atoms with van der Waals surface area (Å²) in [5.41, 5.74) is 1.52. The molecule has 1 aromatic heterocycles. The number of nitro benzene ring substituents is 1. The van der Waals surface area contributed by atoms with Crippen molar-refractivity contribution in [3.63, 3.8) is 0 Å². The second-order valence-corrected chi connectivity index (χ2v) is 7.99. The van der Waals surface area contributed by atoms with Crippen molar-refractivity contribution in [3.8, 4) is 0 Å². The molecule has 10 nitrogen and oxygen atoms in total. The Balaban J connectivity index is 1.74. The van der Waals surface area contributed by atoms with Gasteiger partial charge in [-0.2, -0.15) is 4.98 Å². The van der Waals surface area contributed by atoms with E-state index in [-0.39, 0.29) is 10.6 Å². The van der Waals surface area contributed by atoms with E-state index in [1.807, 2.05) is 13.8 Å². The molecule has 0 aliphatic heterocycles. The van der Waals surface area contributed by atoms with Crippen molar-refractivity contribution in [1.82, 2.24) is 9.97 Å². The number of sulfonamides is 1. The van der Waals surface area contributed by atoms with Crippen molar-refractivity contribution < 1.29 is 13.3 Å². The van der Waals surface area contributed by atoms with Crippen LogP contribution in [0.15, 0.2) is 59.5 Å². The van der Waals surface area contributed by atoms with Gasteiger partial charge in [-0.25, -0.2) is 13.4 Å². The van der Waals surface area contributed by atoms with Gasteiger partial charge >= 0.3 is 0 Å². The fourth-order valence-corrected chi connectivity index (χ4v) is 3.72. The number of hydrogen-bond donors (Lipinski definition) is 3. The summed E-state index contributed by atoms with van der Waals surface area (Å²) < 4.78 is 27.4. The molecule has 0 atom stereocenters. The molecule has 0 saturated carbocycles. The lowest BCUT2D eigenvalue weighted by Crippen LogP contribution is -2.13. The first-order valence-corrected chi connectivity index (χ1v) is 10.5. The van der Waals surface area contributed by atoms with E-state index in [4.69, 9.17) is 0 Å². The van der Waals surface area contributed by atoms with E-state index in [1.165, 1.54) is 18.2 Å². The zero-order valence-corrected chi connectivity index (χ0v) is 17.1. The minimum atomic E-state index is -3.96. The minimum absolute atomic E-state index is 0.189. The van der Waals surface area contributed by atoms with Gasteiger partial charge in [0, 0.05) is 41.8 Å². The normalized spacial score (nSPS) is 11.0. The molecule has 156 valence electrons. The maximum atomic E-state index is 12.5. The lowest BCUT2D eigenvalue weighted by molar-refractivity contribution is -0.385. The predicted molar refractivity (Wildman–Crippen MR) is 115 cm³/mol. The molecule has 3 aromatic rings. The van der Waals surface area contributed by atoms with Gasteiger partial charge in [0.05, 0.1) is 9.82 Å². The standard InChI is InChI=1S/C19H20N6O4S/c1-3-20-19-21-13(2)11-18(23-19)22-14-7-9-15(10-8-14)24-30(28,29)17-6-4-5-16(12-17)25(26)27/h4-12,24H,3H2,1-2H3,(H2,20,21,22,23). The summed E-state index contributed by atoms with van der Waals surface area (Å²) in [5.74, 6) is 1.12. The monoisotopic (exact) mass is 428 g/mol. The summed E-state index contributed by atoms with van der Waals surface area (Å²) in [5, 5.41) is 17.1. The topological polar surface area (TPSA) is 139 Å². The first-order valence-electron chi connectivity index (χ1n) is 9.01. The van der Waals surface area contributed by atoms with Gasteiger partial charge in [0.15, 0.2) is 0 Å². The molecular formula is C19H20N6O4S. The van der Waals surface area contributed by atoms with E-state index in [2.05, 4.69) is 25.3 Å². The summed E-state index contributed by atoms with van der Waals surface area (Å²) in [6.45, 7) is 4.51. The highest BCUT2D eigenvalue weighted by Crippen LogP contribution is 2.23. The Kier molecular flexibility index (Phi) is 6.11. The number of aryl methyl sites for hydroxylation is 1. The van der Waals surface area contributed by atoms with Gasteiger partial charge in [0.1, 0.15) is 5.82 Å². The zero-order valence-electron chi connectivity index (χ0n) is 16.3. The van der Waals surface area contributed by atoms with Crippen molar-refractivity contribution in [1.29, 1.82) is 0 Å². The van der Waals surface area contributed by atoms with E-state index < -0.39 is 14.9 Å². The Morgan fingerprint density at radius 2 is 1.73 bits per heavy atom. The third-order valence-electron chi connectivity index (χ3n) is 3.94. The number of non-ortho nitro benzene ring substituents is 1. The molecule has 0 unspecified atom stereocenters. The van der Waals surface area contributed by atoms with Crippen LogP contribution in [0.3, 0.4) is 0 Å². The number of nitro groups is 1. The number of nitrogens with zero attached hydrogens (tertiary/aromatic N) is 3. The molecule has 0 amide bonds. The summed E-state index contributed by atoms with van der Waals surface area (Å²) >= 11 is 0. The van der Waals surface area contributed by atoms with Gasteiger partial charge in [0.25, 0.3) is 15.7 Å². The Morgan fingerprint density at radius 3 is 2.40 bits per heavy atom. The summed E-state index contributed by atoms with van der Waals surface area (Å²) in [6, 6.07) is 13.2. The lowest BCUT2D eigenvalue weighted by Gasteiger charge is -2.11. The number of benzene rings is 2. The number of nitrogens with one attached hydrogen (secondary N) is 3. The first kappa shape index (κ1) is 21.0. The summed E-state index contributed by atoms with van der Waals surface area (Å²) in [6.07, 6.45) is 0. The Labute approximate surface area is 173 Å². The van der Waals surface area contributed by atoms with Crippen LogP contribution < -0.4 is 15.4 Å². The maximum absolute atomic E-state index is 12.5. The largest absolute Gasteiger partial charge is 0.354 e. The third kappa shape index (κ3) is 5.20. The van der Waals surface area contributed by atoms with Gasteiger partial charge in [-0.1, -0.05) is 6.07 Å². The maximum Gasteiger partial charge on any atom is 0.270 e. The fourth-order valence-electron chi connectivity index (χ4n) is 2.62. The van der Waals surface area contributed by atoms with E-state index in [9.17, 15) is 18.5 Å². The Morgan fingerprint density at radius 1 is 1.03 bits per heavy atom. The zero-order chi connectivity index (χ0) is 21.7. The quantitative estimate of drug-likeness (QED) is 0.365. The SMILES string of the molecule is CCNc1nc(C)cc(Nc2ccc(NS(=O)(=O)c3cccc([N+](=O)[O-])c3)cc2)n1. The Bertz CT molecular complexity index is 1170. The van der Waals surface area contributed by atoms with E-state index in [0.29, 0.717) is 29.7 Å². The van der Waals surface area contributed by atoms with E-state index in [1.54, 1.807) is 30.3 Å². The lowest BCUT2D eigenvalue weighted by atomic mass is 10.3. The van der Waals surface area contributed by atoms with Crippen LogP contribution in [0.2, 0.25) is 0 Å². The number of rotatable bonds is 8. The molecule has 0 spiro atoms. The van der Waals surface area contributed by atoms with Crippen LogP contribution in [-0.4, -0.2) is 29.9 Å². The van der Waals surface area contributed by atoms with Crippen LogP contribution in [-0.2, 0) is 10.0 Å². The summed E-state index contributed by atoms with van der Waals surface area (Å²) in [7, 11) is -3.96. The third-order valence-corrected chi connectivity index (χ3v) is 5.32. The van der Waals surface area contributed by atoms with Gasteiger partial charge in [-0.15, -0.1) is 0 Å². The minimum Gasteiger partial charge on any atom is -0.354 e. The second-order valence-electron chi connectivity index (χ2n) is 6.31. The predicted octanol–water partition coefficient (Wildman–Crippen LogP) is 3.67. The first-order chi connectivity index (χ1) is 14.3. The summed E-state index contributed by atoms with van der Waals surface area (Å²) in [4.78, 5) is 18.7. The van der Waals surface area contributed by atoms with Crippen molar-refractivity contribution in [2.75, 3.05) is 21.9 Å². The molecular weight excluding hydrogens is 408 g/mol.